The summed E-state index contributed by atoms with van der Waals surface area (Å²) in [7, 11) is 0. The zero-order valence-corrected chi connectivity index (χ0v) is 12.3. The lowest BCUT2D eigenvalue weighted by Crippen LogP contribution is -2.03. The maximum atomic E-state index is 3.60. The normalized spacial score (nSPS) is 13.7. The Hall–Kier alpha value is -2.19. The number of benzene rings is 1. The highest BCUT2D eigenvalue weighted by atomic mass is 35.5. The molecule has 0 bridgehead atoms. The molecule has 0 atom stereocenters. The van der Waals surface area contributed by atoms with Gasteiger partial charge < -0.3 is 9.38 Å². The highest BCUT2D eigenvalue weighted by Gasteiger charge is 2.15. The number of H-pyrrole nitrogens is 1. The molecule has 0 radical (unpaired) electrons. The van der Waals surface area contributed by atoms with E-state index in [9.17, 15) is 0 Å². The van der Waals surface area contributed by atoms with Gasteiger partial charge in [0, 0.05) is 33.9 Å². The molecule has 3 heteroatoms. The van der Waals surface area contributed by atoms with Crippen LogP contribution in [0.1, 0.15) is 17.7 Å². The fourth-order valence-electron chi connectivity index (χ4n) is 3.52. The number of aromatic amines is 1. The number of rotatable bonds is 0. The molecule has 0 aliphatic heterocycles. The topological polar surface area (TPSA) is 20.2 Å². The maximum absolute atomic E-state index is 3.60. The molecule has 5 rings (SSSR count). The average molecular weight is 295 g/mol. The number of nitrogens with zero attached hydrogens (tertiary/aromatic N) is 1. The van der Waals surface area contributed by atoms with Gasteiger partial charge in [-0.3, -0.25) is 0 Å². The van der Waals surface area contributed by atoms with Crippen LogP contribution in [0.25, 0.3) is 33.4 Å². The van der Waals surface area contributed by atoms with E-state index >= 15 is 0 Å². The van der Waals surface area contributed by atoms with Crippen LogP contribution in [0, 0.1) is 0 Å². The summed E-state index contributed by atoms with van der Waals surface area (Å²) in [4.78, 5) is 3.60. The molecule has 1 aliphatic rings. The largest absolute Gasteiger partial charge is 0.355 e. The average Bonchev–Trinajstić information content (AvgIpc) is 2.95. The standard InChI is InChI=1S/C18H14N2.ClH/c1-2-8-15-14(7-1)18-17-12(5-3-9-16(17)19-15)11-13-6-4-10-20(13)18;/h2-6,8-11,19H,1,7H2;1H. The minimum atomic E-state index is 0. The van der Waals surface area contributed by atoms with Crippen LogP contribution in [-0.2, 0) is 6.42 Å². The number of hydrogen-bond acceptors (Lipinski definition) is 0. The Labute approximate surface area is 128 Å². The highest BCUT2D eigenvalue weighted by Crippen LogP contribution is 2.34. The molecule has 0 saturated carbocycles. The van der Waals surface area contributed by atoms with E-state index in [0.717, 1.165) is 12.8 Å². The summed E-state index contributed by atoms with van der Waals surface area (Å²) >= 11 is 0. The molecule has 1 aliphatic carbocycles. The Bertz CT molecular complexity index is 1000. The van der Waals surface area contributed by atoms with E-state index in [1.807, 2.05) is 0 Å². The third kappa shape index (κ3) is 1.60. The van der Waals surface area contributed by atoms with Crippen molar-refractivity contribution in [3.63, 3.8) is 0 Å². The maximum Gasteiger partial charge on any atom is 0.0607 e. The summed E-state index contributed by atoms with van der Waals surface area (Å²) in [6.45, 7) is 0. The van der Waals surface area contributed by atoms with Crippen LogP contribution in [0.5, 0.6) is 0 Å². The van der Waals surface area contributed by atoms with Crippen LogP contribution in [0.3, 0.4) is 0 Å². The number of nitrogens with one attached hydrogen (secondary N) is 1. The van der Waals surface area contributed by atoms with Crippen molar-refractivity contribution in [2.75, 3.05) is 0 Å². The number of aryl methyl sites for hydroxylation is 1. The van der Waals surface area contributed by atoms with Crippen molar-refractivity contribution in [1.82, 2.24) is 9.38 Å². The molecular weight excluding hydrogens is 280 g/mol. The molecule has 4 aromatic rings. The first-order valence-corrected chi connectivity index (χ1v) is 7.12. The Morgan fingerprint density at radius 2 is 2.05 bits per heavy atom. The molecule has 104 valence electrons. The molecule has 21 heavy (non-hydrogen) atoms. The molecule has 0 spiro atoms. The first-order valence-electron chi connectivity index (χ1n) is 7.12. The molecule has 1 N–H and O–H groups in total. The van der Waals surface area contributed by atoms with Crippen LogP contribution in [-0.4, -0.2) is 9.38 Å². The van der Waals surface area contributed by atoms with Gasteiger partial charge in [-0.05, 0) is 48.6 Å². The van der Waals surface area contributed by atoms with Crippen LogP contribution in [0.15, 0.2) is 48.7 Å². The summed E-state index contributed by atoms with van der Waals surface area (Å²) in [6, 6.07) is 13.1. The van der Waals surface area contributed by atoms with Gasteiger partial charge in [0.2, 0.25) is 0 Å². The minimum absolute atomic E-state index is 0. The van der Waals surface area contributed by atoms with Gasteiger partial charge in [-0.1, -0.05) is 18.2 Å². The molecule has 0 unspecified atom stereocenters. The molecule has 3 heterocycles. The predicted molar refractivity (Wildman–Crippen MR) is 91.4 cm³/mol. The molecule has 0 saturated heterocycles. The molecule has 0 amide bonds. The van der Waals surface area contributed by atoms with E-state index in [2.05, 4.69) is 64.1 Å². The van der Waals surface area contributed by atoms with E-state index < -0.39 is 0 Å². The number of pyridine rings is 2. The molecule has 0 fully saturated rings. The quantitative estimate of drug-likeness (QED) is 0.473. The van der Waals surface area contributed by atoms with Crippen LogP contribution >= 0.6 is 12.4 Å². The number of fused-ring (bicyclic) bond motifs is 4. The van der Waals surface area contributed by atoms with Gasteiger partial charge in [0.1, 0.15) is 0 Å². The Morgan fingerprint density at radius 1 is 1.10 bits per heavy atom. The zero-order chi connectivity index (χ0) is 13.1. The van der Waals surface area contributed by atoms with Gasteiger partial charge in [0.15, 0.2) is 0 Å². The van der Waals surface area contributed by atoms with Crippen molar-refractivity contribution in [3.05, 3.63) is 59.9 Å². The van der Waals surface area contributed by atoms with Crippen molar-refractivity contribution in [3.8, 4) is 0 Å². The van der Waals surface area contributed by atoms with Gasteiger partial charge in [0.25, 0.3) is 0 Å². The predicted octanol–water partition coefficient (Wildman–Crippen LogP) is 4.96. The fraction of sp³-hybridized carbons (Fsp3) is 0.111. The third-order valence-electron chi connectivity index (χ3n) is 4.38. The molecule has 3 aromatic heterocycles. The van der Waals surface area contributed by atoms with Crippen LogP contribution in [0.4, 0.5) is 0 Å². The van der Waals surface area contributed by atoms with E-state index in [1.165, 1.54) is 38.6 Å². The lowest BCUT2D eigenvalue weighted by molar-refractivity contribution is 0.973. The van der Waals surface area contributed by atoms with Crippen molar-refractivity contribution in [2.45, 2.75) is 12.8 Å². The number of allylic oxidation sites excluding steroid dienone is 1. The third-order valence-corrected chi connectivity index (χ3v) is 4.38. The Morgan fingerprint density at radius 3 is 3.00 bits per heavy atom. The van der Waals surface area contributed by atoms with E-state index in [4.69, 9.17) is 0 Å². The lowest BCUT2D eigenvalue weighted by Gasteiger charge is -2.18. The molecule has 2 nitrogen and oxygen atoms in total. The Kier molecular flexibility index (Phi) is 2.63. The zero-order valence-electron chi connectivity index (χ0n) is 11.5. The van der Waals surface area contributed by atoms with Crippen molar-refractivity contribution >= 4 is 45.8 Å². The molecular formula is C18H15ClN2. The van der Waals surface area contributed by atoms with Crippen molar-refractivity contribution < 1.29 is 0 Å². The SMILES string of the molecule is C1=Cc2[nH]c3cccc4cc5cccn5c(c2CC1)c43.Cl. The fourth-order valence-corrected chi connectivity index (χ4v) is 3.52. The van der Waals surface area contributed by atoms with Gasteiger partial charge in [0.05, 0.1) is 5.52 Å². The van der Waals surface area contributed by atoms with Gasteiger partial charge >= 0.3 is 0 Å². The molecule has 1 aromatic carbocycles. The van der Waals surface area contributed by atoms with Gasteiger partial charge in [-0.15, -0.1) is 12.4 Å². The summed E-state index contributed by atoms with van der Waals surface area (Å²) < 4.78 is 2.33. The van der Waals surface area contributed by atoms with Crippen molar-refractivity contribution in [1.29, 1.82) is 0 Å². The van der Waals surface area contributed by atoms with E-state index in [1.54, 1.807) is 0 Å². The monoisotopic (exact) mass is 294 g/mol. The summed E-state index contributed by atoms with van der Waals surface area (Å²) in [5.74, 6) is 0. The number of aromatic nitrogens is 2. The second-order valence-corrected chi connectivity index (χ2v) is 5.52. The van der Waals surface area contributed by atoms with Gasteiger partial charge in [-0.25, -0.2) is 0 Å². The van der Waals surface area contributed by atoms with Crippen LogP contribution in [0.2, 0.25) is 0 Å². The number of halogens is 1. The van der Waals surface area contributed by atoms with E-state index in [-0.39, 0.29) is 12.4 Å². The summed E-state index contributed by atoms with van der Waals surface area (Å²) in [6.07, 6.45) is 8.90. The Balaban J connectivity index is 0.00000115. The first-order chi connectivity index (χ1) is 9.92. The van der Waals surface area contributed by atoms with Crippen molar-refractivity contribution in [2.24, 2.45) is 0 Å². The summed E-state index contributed by atoms with van der Waals surface area (Å²) in [5.41, 5.74) is 6.57. The minimum Gasteiger partial charge on any atom is -0.355 e. The smallest absolute Gasteiger partial charge is 0.0607 e. The number of hydrogen-bond donors (Lipinski definition) is 1. The second-order valence-electron chi connectivity index (χ2n) is 5.52. The lowest BCUT2D eigenvalue weighted by atomic mass is 9.96. The van der Waals surface area contributed by atoms with Gasteiger partial charge in [-0.2, -0.15) is 0 Å². The van der Waals surface area contributed by atoms with Crippen LogP contribution < -0.4 is 0 Å². The highest BCUT2D eigenvalue weighted by molar-refractivity contribution is 6.10. The first kappa shape index (κ1) is 12.5. The second kappa shape index (κ2) is 4.40. The van der Waals surface area contributed by atoms with E-state index in [0.29, 0.717) is 0 Å². The summed E-state index contributed by atoms with van der Waals surface area (Å²) in [5, 5.41) is 2.67.